The zero-order valence-corrected chi connectivity index (χ0v) is 23.1. The van der Waals surface area contributed by atoms with Gasteiger partial charge in [-0.1, -0.05) is 54.1 Å². The molecule has 0 spiro atoms. The molecule has 3 aromatic carbocycles. The Morgan fingerprint density at radius 1 is 1.00 bits per heavy atom. The van der Waals surface area contributed by atoms with Crippen molar-refractivity contribution in [3.63, 3.8) is 0 Å². The number of benzene rings is 3. The van der Waals surface area contributed by atoms with E-state index in [1.165, 1.54) is 29.2 Å². The van der Waals surface area contributed by atoms with Gasteiger partial charge in [-0.15, -0.1) is 0 Å². The second-order valence-electron chi connectivity index (χ2n) is 9.67. The molecule has 1 aliphatic rings. The summed E-state index contributed by atoms with van der Waals surface area (Å²) in [7, 11) is -3.55. The van der Waals surface area contributed by atoms with Crippen LogP contribution in [0.4, 0.5) is 4.39 Å². The molecule has 10 heteroatoms. The molecule has 39 heavy (non-hydrogen) atoms. The molecule has 7 nitrogen and oxygen atoms in total. The van der Waals surface area contributed by atoms with Crippen LogP contribution >= 0.6 is 11.6 Å². The molecule has 1 unspecified atom stereocenters. The Morgan fingerprint density at radius 2 is 1.64 bits per heavy atom. The number of halogens is 2. The van der Waals surface area contributed by atoms with Crippen molar-refractivity contribution >= 4 is 33.4 Å². The van der Waals surface area contributed by atoms with Gasteiger partial charge in [-0.05, 0) is 73.2 Å². The van der Waals surface area contributed by atoms with E-state index >= 15 is 0 Å². The summed E-state index contributed by atoms with van der Waals surface area (Å²) in [5.41, 5.74) is 2.24. The number of sulfonamides is 1. The predicted octanol–water partition coefficient (Wildman–Crippen LogP) is 4.59. The molecule has 0 heterocycles. The van der Waals surface area contributed by atoms with Crippen molar-refractivity contribution < 1.29 is 22.4 Å². The molecule has 1 saturated carbocycles. The van der Waals surface area contributed by atoms with Crippen LogP contribution in [0, 0.1) is 5.82 Å². The largest absolute Gasteiger partial charge is 0.350 e. The molecule has 2 amide bonds. The number of amides is 2. The molecule has 1 aliphatic carbocycles. The Bertz CT molecular complexity index is 1410. The van der Waals surface area contributed by atoms with Gasteiger partial charge in [0.15, 0.2) is 0 Å². The second-order valence-corrected chi connectivity index (χ2v) is 11.8. The van der Waals surface area contributed by atoms with Crippen LogP contribution in [-0.2, 0) is 39.1 Å². The van der Waals surface area contributed by atoms with Crippen LogP contribution in [-0.4, -0.2) is 37.2 Å². The summed E-state index contributed by atoms with van der Waals surface area (Å²) < 4.78 is 40.9. The van der Waals surface area contributed by atoms with Gasteiger partial charge in [-0.25, -0.2) is 17.5 Å². The fourth-order valence-electron chi connectivity index (χ4n) is 4.06. The van der Waals surface area contributed by atoms with Crippen LogP contribution in [0.1, 0.15) is 42.9 Å². The number of carbonyl (C=O) groups is 2. The average Bonchev–Trinajstić information content (AvgIpc) is 3.74. The number of hydrogen-bond donors (Lipinski definition) is 2. The molecule has 0 saturated heterocycles. The first-order valence-corrected chi connectivity index (χ1v) is 14.6. The van der Waals surface area contributed by atoms with E-state index in [4.69, 9.17) is 11.6 Å². The summed E-state index contributed by atoms with van der Waals surface area (Å²) in [5, 5.41) is 3.38. The summed E-state index contributed by atoms with van der Waals surface area (Å²) >= 11 is 6.20. The highest BCUT2D eigenvalue weighted by atomic mass is 35.5. The third-order valence-corrected chi connectivity index (χ3v) is 8.51. The highest BCUT2D eigenvalue weighted by molar-refractivity contribution is 7.89. The van der Waals surface area contributed by atoms with Crippen LogP contribution in [0.3, 0.4) is 0 Å². The van der Waals surface area contributed by atoms with Gasteiger partial charge in [0, 0.05) is 30.6 Å². The van der Waals surface area contributed by atoms with E-state index in [1.807, 2.05) is 12.1 Å². The average molecular weight is 572 g/mol. The Labute approximate surface area is 233 Å². The van der Waals surface area contributed by atoms with Gasteiger partial charge in [-0.3, -0.25) is 9.59 Å². The zero-order valence-electron chi connectivity index (χ0n) is 21.6. The number of nitrogens with zero attached hydrogens (tertiary/aromatic N) is 1. The molecule has 0 aliphatic heterocycles. The van der Waals surface area contributed by atoms with Crippen molar-refractivity contribution in [2.75, 3.05) is 0 Å². The Morgan fingerprint density at radius 3 is 2.28 bits per heavy atom. The zero-order chi connectivity index (χ0) is 28.0. The highest BCUT2D eigenvalue weighted by Gasteiger charge is 2.28. The van der Waals surface area contributed by atoms with Gasteiger partial charge < -0.3 is 10.2 Å². The topological polar surface area (TPSA) is 95.6 Å². The van der Waals surface area contributed by atoms with E-state index in [0.717, 1.165) is 24.0 Å². The molecular formula is C29H31ClFN3O4S. The van der Waals surface area contributed by atoms with E-state index in [9.17, 15) is 22.4 Å². The summed E-state index contributed by atoms with van der Waals surface area (Å²) in [6, 6.07) is 18.6. The second kappa shape index (κ2) is 12.7. The van der Waals surface area contributed by atoms with E-state index in [-0.39, 0.29) is 48.1 Å². The smallest absolute Gasteiger partial charge is 0.242 e. The summed E-state index contributed by atoms with van der Waals surface area (Å²) in [5.74, 6) is -0.991. The van der Waals surface area contributed by atoms with Gasteiger partial charge in [0.05, 0.1) is 4.90 Å². The maximum Gasteiger partial charge on any atom is 0.242 e. The minimum atomic E-state index is -3.55. The van der Waals surface area contributed by atoms with Crippen LogP contribution in [0.25, 0.3) is 0 Å². The maximum atomic E-state index is 13.4. The van der Waals surface area contributed by atoms with Gasteiger partial charge in [0.2, 0.25) is 21.8 Å². The van der Waals surface area contributed by atoms with Crippen molar-refractivity contribution in [1.82, 2.24) is 14.9 Å². The van der Waals surface area contributed by atoms with Gasteiger partial charge >= 0.3 is 0 Å². The first kappa shape index (κ1) is 28.7. The Hall–Kier alpha value is -3.27. The SMILES string of the molecule is CC(C(=O)NCc1ccccc1Cl)N(Cc1ccc(F)cc1)C(=O)CCc1ccc(S(=O)(=O)NC2CC2)cc1. The third kappa shape index (κ3) is 8.11. The molecule has 1 fully saturated rings. The molecule has 3 aromatic rings. The normalized spacial score (nSPS) is 14.0. The van der Waals surface area contributed by atoms with Gasteiger partial charge in [0.1, 0.15) is 11.9 Å². The van der Waals surface area contributed by atoms with Crippen LogP contribution in [0.15, 0.2) is 77.7 Å². The Kier molecular flexibility index (Phi) is 9.37. The predicted molar refractivity (Wildman–Crippen MR) is 148 cm³/mol. The number of carbonyl (C=O) groups excluding carboxylic acids is 2. The lowest BCUT2D eigenvalue weighted by atomic mass is 10.1. The summed E-state index contributed by atoms with van der Waals surface area (Å²) in [6.07, 6.45) is 2.17. The van der Waals surface area contributed by atoms with E-state index in [1.54, 1.807) is 43.3 Å². The Balaban J connectivity index is 1.42. The first-order valence-electron chi connectivity index (χ1n) is 12.8. The van der Waals surface area contributed by atoms with Crippen molar-refractivity contribution in [2.24, 2.45) is 0 Å². The van der Waals surface area contributed by atoms with Crippen molar-refractivity contribution in [1.29, 1.82) is 0 Å². The lowest BCUT2D eigenvalue weighted by molar-refractivity contribution is -0.140. The standard InChI is InChI=1S/C29H31ClFN3O4S/c1-20(29(36)32-18-23-4-2-3-5-27(23)30)34(19-22-6-11-24(31)12-7-22)28(35)17-10-21-8-15-26(16-9-21)39(37,38)33-25-13-14-25/h2-9,11-12,15-16,20,25,33H,10,13-14,17-19H2,1H3,(H,32,36). The quantitative estimate of drug-likeness (QED) is 0.332. The molecule has 0 aromatic heterocycles. The fourth-order valence-corrected chi connectivity index (χ4v) is 5.57. The highest BCUT2D eigenvalue weighted by Crippen LogP contribution is 2.23. The van der Waals surface area contributed by atoms with Gasteiger partial charge in [0.25, 0.3) is 0 Å². The van der Waals surface area contributed by atoms with Crippen LogP contribution in [0.2, 0.25) is 5.02 Å². The van der Waals surface area contributed by atoms with Crippen molar-refractivity contribution in [3.05, 3.63) is 100 Å². The lowest BCUT2D eigenvalue weighted by Gasteiger charge is -2.29. The number of rotatable bonds is 12. The summed E-state index contributed by atoms with van der Waals surface area (Å²) in [6.45, 7) is 1.99. The van der Waals surface area contributed by atoms with Crippen molar-refractivity contribution in [2.45, 2.75) is 62.7 Å². The maximum absolute atomic E-state index is 13.4. The van der Waals surface area contributed by atoms with E-state index < -0.39 is 16.1 Å². The van der Waals surface area contributed by atoms with Crippen LogP contribution < -0.4 is 10.0 Å². The van der Waals surface area contributed by atoms with E-state index in [2.05, 4.69) is 10.0 Å². The minimum Gasteiger partial charge on any atom is -0.350 e. The molecule has 206 valence electrons. The summed E-state index contributed by atoms with van der Waals surface area (Å²) in [4.78, 5) is 28.0. The van der Waals surface area contributed by atoms with E-state index in [0.29, 0.717) is 17.0 Å². The molecule has 0 radical (unpaired) electrons. The third-order valence-electron chi connectivity index (χ3n) is 6.60. The molecule has 1 atom stereocenters. The number of hydrogen-bond acceptors (Lipinski definition) is 4. The molecule has 4 rings (SSSR count). The molecular weight excluding hydrogens is 541 g/mol. The minimum absolute atomic E-state index is 0.0169. The number of aryl methyl sites for hydroxylation is 1. The monoisotopic (exact) mass is 571 g/mol. The van der Waals surface area contributed by atoms with Crippen LogP contribution in [0.5, 0.6) is 0 Å². The van der Waals surface area contributed by atoms with Gasteiger partial charge in [-0.2, -0.15) is 0 Å². The van der Waals surface area contributed by atoms with Crippen molar-refractivity contribution in [3.8, 4) is 0 Å². The number of nitrogens with one attached hydrogen (secondary N) is 2. The molecule has 2 N–H and O–H groups in total. The molecule has 0 bridgehead atoms. The fraction of sp³-hybridized carbons (Fsp3) is 0.310. The first-order chi connectivity index (χ1) is 18.6. The lowest BCUT2D eigenvalue weighted by Crippen LogP contribution is -2.47.